The van der Waals surface area contributed by atoms with Crippen LogP contribution < -0.4 is 0 Å². The first-order chi connectivity index (χ1) is 12.8. The van der Waals surface area contributed by atoms with Gasteiger partial charge in [0.25, 0.3) is 0 Å². The Labute approximate surface area is 161 Å². The molecule has 0 bridgehead atoms. The van der Waals surface area contributed by atoms with Gasteiger partial charge in [-0.05, 0) is 18.1 Å². The number of hydrogen-bond donors (Lipinski definition) is 0. The zero-order valence-corrected chi connectivity index (χ0v) is 16.8. The Morgan fingerprint density at radius 2 is 1.27 bits per heavy atom. The monoisotopic (exact) mass is 358 g/mol. The van der Waals surface area contributed by atoms with E-state index in [0.29, 0.717) is 6.42 Å². The van der Waals surface area contributed by atoms with Crippen LogP contribution in [0.3, 0.4) is 0 Å². The molecule has 0 spiro atoms. The van der Waals surface area contributed by atoms with Crippen LogP contribution in [-0.2, 0) is 9.53 Å². The third-order valence-corrected chi connectivity index (χ3v) is 4.74. The molecule has 1 aromatic carbocycles. The molecule has 0 amide bonds. The summed E-state index contributed by atoms with van der Waals surface area (Å²) in [5.41, 5.74) is 1.04. The van der Waals surface area contributed by atoms with Gasteiger partial charge in [-0.25, -0.2) is 0 Å². The minimum absolute atomic E-state index is 0.125. The molecule has 146 valence electrons. The summed E-state index contributed by atoms with van der Waals surface area (Å²) in [5, 5.41) is 0. The van der Waals surface area contributed by atoms with E-state index in [1.807, 2.05) is 36.4 Å². The fourth-order valence-corrected chi connectivity index (χ4v) is 3.10. The van der Waals surface area contributed by atoms with E-state index in [1.165, 1.54) is 76.9 Å². The van der Waals surface area contributed by atoms with E-state index in [4.69, 9.17) is 4.74 Å². The van der Waals surface area contributed by atoms with E-state index >= 15 is 0 Å². The Morgan fingerprint density at radius 1 is 0.769 bits per heavy atom. The summed E-state index contributed by atoms with van der Waals surface area (Å²) in [6, 6.07) is 9.87. The maximum Gasteiger partial charge on any atom is 0.310 e. The number of hydrogen-bond acceptors (Lipinski definition) is 2. The van der Waals surface area contributed by atoms with Crippen LogP contribution in [0.1, 0.15) is 102 Å². The van der Waals surface area contributed by atoms with Crippen LogP contribution >= 0.6 is 0 Å². The van der Waals surface area contributed by atoms with Crippen LogP contribution in [0, 0.1) is 0 Å². The van der Waals surface area contributed by atoms with Crippen molar-refractivity contribution in [1.82, 2.24) is 0 Å². The van der Waals surface area contributed by atoms with Gasteiger partial charge in [0.2, 0.25) is 0 Å². The zero-order chi connectivity index (χ0) is 18.7. The van der Waals surface area contributed by atoms with Gasteiger partial charge in [-0.2, -0.15) is 0 Å². The largest absolute Gasteiger partial charge is 0.434 e. The molecule has 0 N–H and O–H groups in total. The summed E-state index contributed by atoms with van der Waals surface area (Å²) in [5.74, 6) is -0.125. The smallest absolute Gasteiger partial charge is 0.310 e. The fraction of sp³-hybridized carbons (Fsp3) is 0.625. The lowest BCUT2D eigenvalue weighted by Gasteiger charge is -2.03. The molecular formula is C24H38O2. The molecule has 0 radical (unpaired) electrons. The van der Waals surface area contributed by atoms with Gasteiger partial charge in [-0.3, -0.25) is 4.79 Å². The van der Waals surface area contributed by atoms with Gasteiger partial charge in [0.1, 0.15) is 0 Å². The molecule has 0 unspecified atom stereocenters. The van der Waals surface area contributed by atoms with Crippen LogP contribution in [-0.4, -0.2) is 5.97 Å². The van der Waals surface area contributed by atoms with Gasteiger partial charge in [0.05, 0.1) is 6.26 Å². The first kappa shape index (κ1) is 22.5. The molecule has 0 aliphatic carbocycles. The van der Waals surface area contributed by atoms with Gasteiger partial charge >= 0.3 is 5.97 Å². The van der Waals surface area contributed by atoms with Crippen molar-refractivity contribution in [2.75, 3.05) is 0 Å². The van der Waals surface area contributed by atoms with Crippen molar-refractivity contribution in [2.45, 2.75) is 96.8 Å². The first-order valence-corrected chi connectivity index (χ1v) is 10.7. The molecule has 2 nitrogen and oxygen atoms in total. The first-order valence-electron chi connectivity index (χ1n) is 10.7. The predicted molar refractivity (Wildman–Crippen MR) is 112 cm³/mol. The molecule has 0 atom stereocenters. The maximum atomic E-state index is 11.7. The van der Waals surface area contributed by atoms with Gasteiger partial charge in [-0.1, -0.05) is 114 Å². The second kappa shape index (κ2) is 16.9. The lowest BCUT2D eigenvalue weighted by atomic mass is 10.0. The molecule has 0 aliphatic heterocycles. The Hall–Kier alpha value is -1.57. The minimum Gasteiger partial charge on any atom is -0.434 e. The Morgan fingerprint density at radius 3 is 1.81 bits per heavy atom. The van der Waals surface area contributed by atoms with Crippen molar-refractivity contribution in [2.24, 2.45) is 0 Å². The van der Waals surface area contributed by atoms with E-state index in [0.717, 1.165) is 18.4 Å². The topological polar surface area (TPSA) is 26.3 Å². The standard InChI is InChI=1S/C24H38O2/c1-2-3-4-5-6-7-8-9-10-11-12-13-17-20-24(25)26-22-21-23-18-15-14-16-19-23/h14-16,18-19,21-22H,2-13,17,20H2,1H3/b22-21-. The lowest BCUT2D eigenvalue weighted by molar-refractivity contribution is -0.138. The number of carbonyl (C=O) groups is 1. The SMILES string of the molecule is CCCCCCCCCCCCCCCC(=O)O/C=C\c1ccccc1. The maximum absolute atomic E-state index is 11.7. The summed E-state index contributed by atoms with van der Waals surface area (Å²) < 4.78 is 5.13. The highest BCUT2D eigenvalue weighted by Crippen LogP contribution is 2.13. The van der Waals surface area contributed by atoms with Gasteiger partial charge in [-0.15, -0.1) is 0 Å². The number of rotatable bonds is 16. The zero-order valence-electron chi connectivity index (χ0n) is 16.8. The highest BCUT2D eigenvalue weighted by molar-refractivity contribution is 5.70. The minimum atomic E-state index is -0.125. The number of unbranched alkanes of at least 4 members (excludes halogenated alkanes) is 12. The predicted octanol–water partition coefficient (Wildman–Crippen LogP) is 7.68. The molecule has 0 saturated carbocycles. The molecule has 0 fully saturated rings. The van der Waals surface area contributed by atoms with Crippen LogP contribution in [0.25, 0.3) is 6.08 Å². The highest BCUT2D eigenvalue weighted by Gasteiger charge is 2.00. The third-order valence-electron chi connectivity index (χ3n) is 4.74. The van der Waals surface area contributed by atoms with Crippen molar-refractivity contribution in [3.63, 3.8) is 0 Å². The van der Waals surface area contributed by atoms with E-state index in [1.54, 1.807) is 0 Å². The molecule has 1 aromatic rings. The van der Waals surface area contributed by atoms with Gasteiger partial charge in [0, 0.05) is 6.42 Å². The van der Waals surface area contributed by atoms with E-state index in [2.05, 4.69) is 6.92 Å². The lowest BCUT2D eigenvalue weighted by Crippen LogP contribution is -1.98. The third kappa shape index (κ3) is 13.7. The number of ether oxygens (including phenoxy) is 1. The number of benzene rings is 1. The molecule has 0 saturated heterocycles. The van der Waals surface area contributed by atoms with Gasteiger partial charge in [0.15, 0.2) is 0 Å². The fourth-order valence-electron chi connectivity index (χ4n) is 3.10. The molecule has 2 heteroatoms. The number of carbonyl (C=O) groups excluding carboxylic acids is 1. The summed E-state index contributed by atoms with van der Waals surface area (Å²) in [6.45, 7) is 2.27. The van der Waals surface area contributed by atoms with Crippen molar-refractivity contribution >= 4 is 12.0 Å². The second-order valence-corrected chi connectivity index (χ2v) is 7.20. The summed E-state index contributed by atoms with van der Waals surface area (Å²) in [6.07, 6.45) is 21.0. The summed E-state index contributed by atoms with van der Waals surface area (Å²) >= 11 is 0. The van der Waals surface area contributed by atoms with Crippen LogP contribution in [0.2, 0.25) is 0 Å². The summed E-state index contributed by atoms with van der Waals surface area (Å²) in [7, 11) is 0. The average Bonchev–Trinajstić information content (AvgIpc) is 2.66. The van der Waals surface area contributed by atoms with Crippen molar-refractivity contribution in [3.8, 4) is 0 Å². The van der Waals surface area contributed by atoms with Crippen molar-refractivity contribution in [3.05, 3.63) is 42.2 Å². The average molecular weight is 359 g/mol. The van der Waals surface area contributed by atoms with E-state index in [-0.39, 0.29) is 5.97 Å². The molecular weight excluding hydrogens is 320 g/mol. The second-order valence-electron chi connectivity index (χ2n) is 7.20. The van der Waals surface area contributed by atoms with Crippen LogP contribution in [0.4, 0.5) is 0 Å². The molecule has 1 rings (SSSR count). The van der Waals surface area contributed by atoms with E-state index in [9.17, 15) is 4.79 Å². The molecule has 26 heavy (non-hydrogen) atoms. The van der Waals surface area contributed by atoms with Crippen molar-refractivity contribution in [1.29, 1.82) is 0 Å². The highest BCUT2D eigenvalue weighted by atomic mass is 16.5. The molecule has 0 aliphatic rings. The van der Waals surface area contributed by atoms with Crippen molar-refractivity contribution < 1.29 is 9.53 Å². The van der Waals surface area contributed by atoms with E-state index < -0.39 is 0 Å². The Bertz CT molecular complexity index is 464. The normalized spacial score (nSPS) is 11.1. The van der Waals surface area contributed by atoms with Crippen LogP contribution in [0.15, 0.2) is 36.6 Å². The van der Waals surface area contributed by atoms with Gasteiger partial charge < -0.3 is 4.74 Å². The number of esters is 1. The quantitative estimate of drug-likeness (QED) is 0.172. The Balaban J connectivity index is 1.84. The Kier molecular flexibility index (Phi) is 14.6. The van der Waals surface area contributed by atoms with Crippen LogP contribution in [0.5, 0.6) is 0 Å². The molecule has 0 heterocycles. The summed E-state index contributed by atoms with van der Waals surface area (Å²) in [4.78, 5) is 11.7. The molecule has 0 aromatic heterocycles.